The van der Waals surface area contributed by atoms with Crippen LogP contribution in [0.1, 0.15) is 37.8 Å². The number of hydrogen-bond acceptors (Lipinski definition) is 4. The highest BCUT2D eigenvalue weighted by Crippen LogP contribution is 2.17. The SMILES string of the molecule is CC(N)c1cccc(S(=O)(=O)NCCC2CCCO2)c1. The van der Waals surface area contributed by atoms with Crippen LogP contribution in [0.15, 0.2) is 29.2 Å². The van der Waals surface area contributed by atoms with Gasteiger partial charge in [-0.1, -0.05) is 12.1 Å². The van der Waals surface area contributed by atoms with Crippen LogP contribution in [0.2, 0.25) is 0 Å². The van der Waals surface area contributed by atoms with Gasteiger partial charge < -0.3 is 10.5 Å². The molecule has 1 saturated heterocycles. The number of sulfonamides is 1. The Labute approximate surface area is 120 Å². The summed E-state index contributed by atoms with van der Waals surface area (Å²) in [6.45, 7) is 3.01. The third-order valence-electron chi connectivity index (χ3n) is 3.48. The number of nitrogens with one attached hydrogen (secondary N) is 1. The predicted octanol–water partition coefficient (Wildman–Crippen LogP) is 1.55. The second-order valence-electron chi connectivity index (χ2n) is 5.18. The molecule has 1 aliphatic heterocycles. The minimum Gasteiger partial charge on any atom is -0.378 e. The van der Waals surface area contributed by atoms with Crippen molar-refractivity contribution in [1.82, 2.24) is 4.72 Å². The monoisotopic (exact) mass is 298 g/mol. The van der Waals surface area contributed by atoms with Crippen LogP contribution < -0.4 is 10.5 Å². The maximum atomic E-state index is 12.2. The Morgan fingerprint density at radius 1 is 1.50 bits per heavy atom. The fourth-order valence-electron chi connectivity index (χ4n) is 2.27. The van der Waals surface area contributed by atoms with E-state index in [-0.39, 0.29) is 17.0 Å². The van der Waals surface area contributed by atoms with Crippen LogP contribution in [-0.2, 0) is 14.8 Å². The van der Waals surface area contributed by atoms with Crippen molar-refractivity contribution in [2.24, 2.45) is 5.73 Å². The topological polar surface area (TPSA) is 81.4 Å². The molecule has 1 aliphatic rings. The van der Waals surface area contributed by atoms with E-state index in [1.54, 1.807) is 18.2 Å². The Kier molecular flexibility index (Phi) is 5.15. The van der Waals surface area contributed by atoms with Crippen LogP contribution in [0.5, 0.6) is 0 Å². The minimum atomic E-state index is -3.47. The molecule has 0 spiro atoms. The quantitative estimate of drug-likeness (QED) is 0.835. The molecule has 0 aliphatic carbocycles. The van der Waals surface area contributed by atoms with Crippen molar-refractivity contribution in [2.45, 2.75) is 43.2 Å². The molecule has 1 heterocycles. The van der Waals surface area contributed by atoms with Gasteiger partial charge in [0, 0.05) is 19.2 Å². The lowest BCUT2D eigenvalue weighted by Gasteiger charge is -2.12. The highest BCUT2D eigenvalue weighted by molar-refractivity contribution is 7.89. The zero-order valence-corrected chi connectivity index (χ0v) is 12.5. The Morgan fingerprint density at radius 3 is 2.95 bits per heavy atom. The summed E-state index contributed by atoms with van der Waals surface area (Å²) in [7, 11) is -3.47. The van der Waals surface area contributed by atoms with E-state index in [1.165, 1.54) is 0 Å². The molecule has 5 nitrogen and oxygen atoms in total. The van der Waals surface area contributed by atoms with Crippen molar-refractivity contribution in [3.63, 3.8) is 0 Å². The molecule has 0 amide bonds. The number of nitrogens with two attached hydrogens (primary N) is 1. The molecule has 0 saturated carbocycles. The maximum Gasteiger partial charge on any atom is 0.240 e. The van der Waals surface area contributed by atoms with Crippen molar-refractivity contribution in [1.29, 1.82) is 0 Å². The molecule has 20 heavy (non-hydrogen) atoms. The van der Waals surface area contributed by atoms with E-state index in [0.717, 1.165) is 25.0 Å². The fourth-order valence-corrected chi connectivity index (χ4v) is 3.38. The largest absolute Gasteiger partial charge is 0.378 e. The lowest BCUT2D eigenvalue weighted by Crippen LogP contribution is -2.27. The van der Waals surface area contributed by atoms with E-state index in [4.69, 9.17) is 10.5 Å². The summed E-state index contributed by atoms with van der Waals surface area (Å²) in [4.78, 5) is 0.264. The van der Waals surface area contributed by atoms with Crippen LogP contribution in [0.25, 0.3) is 0 Å². The summed E-state index contributed by atoms with van der Waals surface area (Å²) in [5.41, 5.74) is 6.59. The second kappa shape index (κ2) is 6.67. The first-order valence-corrected chi connectivity index (χ1v) is 8.44. The fraction of sp³-hybridized carbons (Fsp3) is 0.571. The molecule has 0 bridgehead atoms. The van der Waals surface area contributed by atoms with Gasteiger partial charge in [0.15, 0.2) is 0 Å². The van der Waals surface area contributed by atoms with Crippen LogP contribution >= 0.6 is 0 Å². The van der Waals surface area contributed by atoms with Crippen molar-refractivity contribution in [3.8, 4) is 0 Å². The van der Waals surface area contributed by atoms with Gasteiger partial charge in [-0.2, -0.15) is 0 Å². The molecule has 0 radical (unpaired) electrons. The van der Waals surface area contributed by atoms with Gasteiger partial charge in [-0.3, -0.25) is 0 Å². The molecule has 2 rings (SSSR count). The molecule has 1 aromatic carbocycles. The minimum absolute atomic E-state index is 0.183. The average molecular weight is 298 g/mol. The van der Waals surface area contributed by atoms with Gasteiger partial charge in [0.2, 0.25) is 10.0 Å². The summed E-state index contributed by atoms with van der Waals surface area (Å²) in [5, 5.41) is 0. The van der Waals surface area contributed by atoms with Gasteiger partial charge in [0.05, 0.1) is 11.0 Å². The van der Waals surface area contributed by atoms with Crippen LogP contribution in [0.4, 0.5) is 0 Å². The smallest absolute Gasteiger partial charge is 0.240 e. The Morgan fingerprint density at radius 2 is 2.30 bits per heavy atom. The first-order chi connectivity index (χ1) is 9.49. The van der Waals surface area contributed by atoms with Crippen molar-refractivity contribution >= 4 is 10.0 Å². The first-order valence-electron chi connectivity index (χ1n) is 6.96. The van der Waals surface area contributed by atoms with Gasteiger partial charge in [-0.15, -0.1) is 0 Å². The highest BCUT2D eigenvalue weighted by Gasteiger charge is 2.18. The Hall–Kier alpha value is -0.950. The molecule has 3 N–H and O–H groups in total. The molecule has 112 valence electrons. The number of benzene rings is 1. The van der Waals surface area contributed by atoms with E-state index in [9.17, 15) is 8.42 Å². The molecule has 0 aromatic heterocycles. The van der Waals surface area contributed by atoms with Gasteiger partial charge in [0.1, 0.15) is 0 Å². The molecular weight excluding hydrogens is 276 g/mol. The normalized spacial score (nSPS) is 21.0. The highest BCUT2D eigenvalue weighted by atomic mass is 32.2. The molecular formula is C14H22N2O3S. The van der Waals surface area contributed by atoms with Crippen molar-refractivity contribution in [3.05, 3.63) is 29.8 Å². The second-order valence-corrected chi connectivity index (χ2v) is 6.95. The van der Waals surface area contributed by atoms with Gasteiger partial charge in [-0.05, 0) is 43.9 Å². The average Bonchev–Trinajstić information content (AvgIpc) is 2.92. The Bertz CT molecular complexity index is 537. The van der Waals surface area contributed by atoms with E-state index >= 15 is 0 Å². The molecule has 1 aromatic rings. The lowest BCUT2D eigenvalue weighted by atomic mass is 10.1. The Balaban J connectivity index is 1.96. The summed E-state index contributed by atoms with van der Waals surface area (Å²) >= 11 is 0. The summed E-state index contributed by atoms with van der Waals surface area (Å²) in [6.07, 6.45) is 2.98. The first kappa shape index (κ1) is 15.4. The van der Waals surface area contributed by atoms with Gasteiger partial charge in [0.25, 0.3) is 0 Å². The van der Waals surface area contributed by atoms with E-state index in [0.29, 0.717) is 13.0 Å². The lowest BCUT2D eigenvalue weighted by molar-refractivity contribution is 0.105. The number of hydrogen-bond donors (Lipinski definition) is 2. The van der Waals surface area contributed by atoms with Crippen LogP contribution in [0.3, 0.4) is 0 Å². The van der Waals surface area contributed by atoms with Crippen molar-refractivity contribution < 1.29 is 13.2 Å². The summed E-state index contributed by atoms with van der Waals surface area (Å²) < 4.78 is 32.5. The van der Waals surface area contributed by atoms with Crippen LogP contribution in [0, 0.1) is 0 Å². The molecule has 2 atom stereocenters. The predicted molar refractivity (Wildman–Crippen MR) is 77.8 cm³/mol. The van der Waals surface area contributed by atoms with Gasteiger partial charge in [-0.25, -0.2) is 13.1 Å². The van der Waals surface area contributed by atoms with Gasteiger partial charge >= 0.3 is 0 Å². The summed E-state index contributed by atoms with van der Waals surface area (Å²) in [5.74, 6) is 0. The van der Waals surface area contributed by atoms with E-state index < -0.39 is 10.0 Å². The van der Waals surface area contributed by atoms with E-state index in [2.05, 4.69) is 4.72 Å². The standard InChI is InChI=1S/C14H22N2O3S/c1-11(15)12-4-2-6-14(10-12)20(17,18)16-8-7-13-5-3-9-19-13/h2,4,6,10-11,13,16H,3,5,7-9,15H2,1H3. The summed E-state index contributed by atoms with van der Waals surface area (Å²) in [6, 6.07) is 6.57. The third kappa shape index (κ3) is 4.02. The number of rotatable bonds is 6. The molecule has 6 heteroatoms. The zero-order chi connectivity index (χ0) is 14.6. The molecule has 1 fully saturated rings. The van der Waals surface area contributed by atoms with Crippen molar-refractivity contribution in [2.75, 3.05) is 13.2 Å². The van der Waals surface area contributed by atoms with Crippen LogP contribution in [-0.4, -0.2) is 27.7 Å². The maximum absolute atomic E-state index is 12.2. The van der Waals surface area contributed by atoms with E-state index in [1.807, 2.05) is 13.0 Å². The number of ether oxygens (including phenoxy) is 1. The third-order valence-corrected chi connectivity index (χ3v) is 4.94. The zero-order valence-electron chi connectivity index (χ0n) is 11.7. The molecule has 2 unspecified atom stereocenters.